The zero-order chi connectivity index (χ0) is 21.7. The molecule has 1 N–H and O–H groups in total. The maximum atomic E-state index is 13.3. The molecule has 0 aliphatic heterocycles. The van der Waals surface area contributed by atoms with E-state index in [1.165, 1.54) is 19.2 Å². The van der Waals surface area contributed by atoms with Gasteiger partial charge < -0.3 is 10.1 Å². The molecule has 0 aliphatic carbocycles. The lowest BCUT2D eigenvalue weighted by atomic mass is 10.3. The van der Waals surface area contributed by atoms with Crippen molar-refractivity contribution in [2.24, 2.45) is 0 Å². The van der Waals surface area contributed by atoms with E-state index in [2.05, 4.69) is 21.2 Å². The van der Waals surface area contributed by atoms with Gasteiger partial charge in [-0.1, -0.05) is 22.0 Å². The number of methoxy groups -OCH3 is 1. The Morgan fingerprint density at radius 1 is 1.07 bits per heavy atom. The highest BCUT2D eigenvalue weighted by Gasteiger charge is 2.27. The molecular formula is C21H18BrFN2O4S. The highest BCUT2D eigenvalue weighted by atomic mass is 79.9. The quantitative estimate of drug-likeness (QED) is 0.529. The van der Waals surface area contributed by atoms with Crippen LogP contribution in [0.15, 0.2) is 82.2 Å². The first-order chi connectivity index (χ1) is 14.3. The van der Waals surface area contributed by atoms with Crippen LogP contribution in [0.3, 0.4) is 0 Å². The third-order valence-corrected chi connectivity index (χ3v) is 6.44. The van der Waals surface area contributed by atoms with E-state index in [0.717, 1.165) is 33.0 Å². The number of halogens is 2. The average Bonchev–Trinajstić information content (AvgIpc) is 2.72. The predicted molar refractivity (Wildman–Crippen MR) is 117 cm³/mol. The number of carbonyl (C=O) groups is 1. The molecule has 3 aromatic rings. The van der Waals surface area contributed by atoms with Crippen molar-refractivity contribution in [2.45, 2.75) is 4.90 Å². The minimum Gasteiger partial charge on any atom is -0.497 e. The van der Waals surface area contributed by atoms with E-state index in [-0.39, 0.29) is 10.6 Å². The lowest BCUT2D eigenvalue weighted by molar-refractivity contribution is -0.114. The molecule has 0 aliphatic rings. The van der Waals surface area contributed by atoms with E-state index < -0.39 is 28.3 Å². The molecule has 0 spiro atoms. The Kier molecular flexibility index (Phi) is 6.73. The average molecular weight is 493 g/mol. The van der Waals surface area contributed by atoms with Crippen LogP contribution in [0, 0.1) is 5.82 Å². The van der Waals surface area contributed by atoms with E-state index in [0.29, 0.717) is 11.4 Å². The Morgan fingerprint density at radius 3 is 2.33 bits per heavy atom. The molecule has 0 atom stereocenters. The van der Waals surface area contributed by atoms with Crippen LogP contribution in [0.4, 0.5) is 15.8 Å². The summed E-state index contributed by atoms with van der Waals surface area (Å²) >= 11 is 3.32. The fraction of sp³-hybridized carbons (Fsp3) is 0.0952. The standard InChI is InChI=1S/C21H18BrFN2O4S/c1-29-19-9-7-18(8-10-19)25(30(27,28)20-11-5-16(23)6-12-20)14-21(26)24-17-4-2-3-15(22)13-17/h2-13H,14H2,1H3,(H,24,26). The molecule has 0 aromatic heterocycles. The maximum Gasteiger partial charge on any atom is 0.264 e. The Hall–Kier alpha value is -2.91. The summed E-state index contributed by atoms with van der Waals surface area (Å²) in [5.41, 5.74) is 0.785. The molecule has 156 valence electrons. The fourth-order valence-corrected chi connectivity index (χ4v) is 4.51. The molecule has 0 bridgehead atoms. The molecular weight excluding hydrogens is 475 g/mol. The van der Waals surface area contributed by atoms with Crippen LogP contribution in [-0.4, -0.2) is 28.0 Å². The summed E-state index contributed by atoms with van der Waals surface area (Å²) in [5, 5.41) is 2.68. The van der Waals surface area contributed by atoms with E-state index in [9.17, 15) is 17.6 Å². The summed E-state index contributed by atoms with van der Waals surface area (Å²) < 4.78 is 46.6. The Morgan fingerprint density at radius 2 is 1.73 bits per heavy atom. The molecule has 9 heteroatoms. The van der Waals surface area contributed by atoms with Gasteiger partial charge in [-0.15, -0.1) is 0 Å². The van der Waals surface area contributed by atoms with Gasteiger partial charge >= 0.3 is 0 Å². The minimum atomic E-state index is -4.13. The fourth-order valence-electron chi connectivity index (χ4n) is 2.69. The second-order valence-electron chi connectivity index (χ2n) is 6.22. The van der Waals surface area contributed by atoms with E-state index in [1.807, 2.05) is 0 Å². The zero-order valence-corrected chi connectivity index (χ0v) is 18.3. The van der Waals surface area contributed by atoms with Crippen molar-refractivity contribution in [3.63, 3.8) is 0 Å². The number of benzene rings is 3. The molecule has 30 heavy (non-hydrogen) atoms. The van der Waals surface area contributed by atoms with Crippen molar-refractivity contribution < 1.29 is 22.3 Å². The van der Waals surface area contributed by atoms with Crippen molar-refractivity contribution in [3.05, 3.63) is 83.1 Å². The van der Waals surface area contributed by atoms with Crippen LogP contribution in [0.5, 0.6) is 5.75 Å². The smallest absolute Gasteiger partial charge is 0.264 e. The topological polar surface area (TPSA) is 75.7 Å². The van der Waals surface area contributed by atoms with E-state index in [4.69, 9.17) is 4.74 Å². The van der Waals surface area contributed by atoms with Crippen molar-refractivity contribution in [1.82, 2.24) is 0 Å². The molecule has 1 amide bonds. The number of amides is 1. The second-order valence-corrected chi connectivity index (χ2v) is 9.00. The third kappa shape index (κ3) is 5.17. The van der Waals surface area contributed by atoms with Crippen molar-refractivity contribution >= 4 is 43.2 Å². The number of ether oxygens (including phenoxy) is 1. The van der Waals surface area contributed by atoms with Crippen LogP contribution in [0.2, 0.25) is 0 Å². The summed E-state index contributed by atoms with van der Waals surface area (Å²) in [6.45, 7) is -0.474. The number of nitrogens with zero attached hydrogens (tertiary/aromatic N) is 1. The first-order valence-corrected chi connectivity index (χ1v) is 11.0. The maximum absolute atomic E-state index is 13.3. The lowest BCUT2D eigenvalue weighted by Gasteiger charge is -2.24. The van der Waals surface area contributed by atoms with Crippen LogP contribution in [-0.2, 0) is 14.8 Å². The minimum absolute atomic E-state index is 0.130. The Bertz CT molecular complexity index is 1140. The van der Waals surface area contributed by atoms with Crippen molar-refractivity contribution in [2.75, 3.05) is 23.3 Å². The van der Waals surface area contributed by atoms with Crippen molar-refractivity contribution in [3.8, 4) is 5.75 Å². The molecule has 0 saturated heterocycles. The van der Waals surface area contributed by atoms with E-state index >= 15 is 0 Å². The number of nitrogens with one attached hydrogen (secondary N) is 1. The molecule has 0 heterocycles. The number of carbonyl (C=O) groups excluding carboxylic acids is 1. The van der Waals surface area contributed by atoms with Gasteiger partial charge in [0, 0.05) is 10.2 Å². The summed E-state index contributed by atoms with van der Waals surface area (Å²) in [5.74, 6) is -0.552. The van der Waals surface area contributed by atoms with Crippen LogP contribution in [0.1, 0.15) is 0 Å². The number of sulfonamides is 1. The third-order valence-electron chi connectivity index (χ3n) is 4.16. The summed E-state index contributed by atoms with van der Waals surface area (Å²) in [6, 6.07) is 17.6. The van der Waals surface area contributed by atoms with E-state index in [1.54, 1.807) is 36.4 Å². The van der Waals surface area contributed by atoms with Crippen LogP contribution < -0.4 is 14.4 Å². The van der Waals surface area contributed by atoms with Crippen LogP contribution in [0.25, 0.3) is 0 Å². The summed E-state index contributed by atoms with van der Waals surface area (Å²) in [4.78, 5) is 12.5. The van der Waals surface area contributed by atoms with Gasteiger partial charge in [0.25, 0.3) is 10.0 Å². The van der Waals surface area contributed by atoms with Gasteiger partial charge in [0.05, 0.1) is 17.7 Å². The molecule has 0 radical (unpaired) electrons. The van der Waals surface area contributed by atoms with Gasteiger partial charge in [0.15, 0.2) is 0 Å². The molecule has 0 saturated carbocycles. The first kappa shape index (κ1) is 21.8. The van der Waals surface area contributed by atoms with Gasteiger partial charge in [-0.2, -0.15) is 0 Å². The molecule has 0 fully saturated rings. The van der Waals surface area contributed by atoms with Gasteiger partial charge in [0.1, 0.15) is 18.1 Å². The molecule has 6 nitrogen and oxygen atoms in total. The Labute approximate surface area is 182 Å². The largest absolute Gasteiger partial charge is 0.497 e. The first-order valence-electron chi connectivity index (χ1n) is 8.77. The van der Waals surface area contributed by atoms with Crippen molar-refractivity contribution in [1.29, 1.82) is 0 Å². The molecule has 3 rings (SSSR count). The van der Waals surface area contributed by atoms with Gasteiger partial charge in [-0.3, -0.25) is 9.10 Å². The predicted octanol–water partition coefficient (Wildman–Crippen LogP) is 4.43. The number of rotatable bonds is 7. The second kappa shape index (κ2) is 9.27. The number of anilines is 2. The van der Waals surface area contributed by atoms with Gasteiger partial charge in [0.2, 0.25) is 5.91 Å². The normalized spacial score (nSPS) is 11.0. The lowest BCUT2D eigenvalue weighted by Crippen LogP contribution is -2.38. The SMILES string of the molecule is COc1ccc(N(CC(=O)Nc2cccc(Br)c2)S(=O)(=O)c2ccc(F)cc2)cc1. The van der Waals surface area contributed by atoms with Gasteiger partial charge in [-0.05, 0) is 66.7 Å². The summed E-state index contributed by atoms with van der Waals surface area (Å²) in [6.07, 6.45) is 0. The number of hydrogen-bond donors (Lipinski definition) is 1. The Balaban J connectivity index is 1.94. The monoisotopic (exact) mass is 492 g/mol. The highest BCUT2D eigenvalue weighted by Crippen LogP contribution is 2.26. The summed E-state index contributed by atoms with van der Waals surface area (Å²) in [7, 11) is -2.64. The molecule has 0 unspecified atom stereocenters. The zero-order valence-electron chi connectivity index (χ0n) is 15.9. The molecule has 3 aromatic carbocycles. The highest BCUT2D eigenvalue weighted by molar-refractivity contribution is 9.10. The van der Waals surface area contributed by atoms with Gasteiger partial charge in [-0.25, -0.2) is 12.8 Å². The number of hydrogen-bond acceptors (Lipinski definition) is 4. The van der Waals surface area contributed by atoms with Crippen LogP contribution >= 0.6 is 15.9 Å².